The molecule has 0 radical (unpaired) electrons. The van der Waals surface area contributed by atoms with Crippen molar-refractivity contribution >= 4 is 16.3 Å². The zero-order valence-electron chi connectivity index (χ0n) is 28.8. The van der Waals surface area contributed by atoms with E-state index in [0.717, 1.165) is 50.3 Å². The molecule has 2 unspecified atom stereocenters. The summed E-state index contributed by atoms with van der Waals surface area (Å²) in [5.74, 6) is 2.71. The molecule has 4 nitrogen and oxygen atoms in total. The van der Waals surface area contributed by atoms with Gasteiger partial charge >= 0.3 is 0 Å². The Kier molecular flexibility index (Phi) is 7.58. The predicted molar refractivity (Wildman–Crippen MR) is 215 cm³/mol. The standard InChI is InChI=1S/C49H33N3O/c1-3-11-32(12-4-1)35-21-26-37(27-22-35)47-50-48(38-28-23-36(24-29-38)33-13-5-2-6-14-33)52-49(51-47)42-18-10-20-44-46(42)45-41(17-9-19-43(45)53-44)40-30-25-34-15-7-8-16-39(34)31-40/h1-31,44,46H. The third-order valence-electron chi connectivity index (χ3n) is 10.3. The molecule has 0 saturated carbocycles. The molecule has 2 aliphatic rings. The molecule has 1 aliphatic carbocycles. The van der Waals surface area contributed by atoms with Crippen molar-refractivity contribution in [1.29, 1.82) is 0 Å². The molecule has 2 atom stereocenters. The normalized spacial score (nSPS) is 15.7. The van der Waals surface area contributed by atoms with Gasteiger partial charge in [0, 0.05) is 22.3 Å². The van der Waals surface area contributed by atoms with Crippen molar-refractivity contribution in [2.45, 2.75) is 12.0 Å². The van der Waals surface area contributed by atoms with E-state index in [9.17, 15) is 0 Å². The molecule has 0 amide bonds. The van der Waals surface area contributed by atoms with Gasteiger partial charge in [0.05, 0.1) is 5.92 Å². The quantitative estimate of drug-likeness (QED) is 0.175. The summed E-state index contributed by atoms with van der Waals surface area (Å²) in [5, 5.41) is 2.43. The number of rotatable bonds is 6. The van der Waals surface area contributed by atoms with Crippen LogP contribution in [0.1, 0.15) is 17.3 Å². The average molecular weight is 680 g/mol. The molecule has 7 aromatic carbocycles. The fraction of sp³-hybridized carbons (Fsp3) is 0.0408. The molecule has 1 aliphatic heterocycles. The summed E-state index contributed by atoms with van der Waals surface area (Å²) in [6, 6.07) is 59.4. The lowest BCUT2D eigenvalue weighted by molar-refractivity contribution is 0.271. The summed E-state index contributed by atoms with van der Waals surface area (Å²) in [4.78, 5) is 15.5. The van der Waals surface area contributed by atoms with Gasteiger partial charge in [0.15, 0.2) is 17.5 Å². The van der Waals surface area contributed by atoms with Crippen LogP contribution in [0.3, 0.4) is 0 Å². The zero-order valence-corrected chi connectivity index (χ0v) is 28.8. The van der Waals surface area contributed by atoms with Crippen molar-refractivity contribution in [3.63, 3.8) is 0 Å². The number of fused-ring (bicyclic) bond motifs is 4. The number of hydrogen-bond donors (Lipinski definition) is 0. The third-order valence-corrected chi connectivity index (χ3v) is 10.3. The molecule has 0 N–H and O–H groups in total. The van der Waals surface area contributed by atoms with Gasteiger partial charge < -0.3 is 4.74 Å². The Bertz CT molecular complexity index is 2580. The Morgan fingerprint density at radius 2 is 0.943 bits per heavy atom. The molecule has 2 heterocycles. The molecule has 4 heteroatoms. The van der Waals surface area contributed by atoms with Crippen LogP contribution in [-0.4, -0.2) is 21.1 Å². The first kappa shape index (κ1) is 30.9. The Labute approximate surface area is 308 Å². The van der Waals surface area contributed by atoms with Gasteiger partial charge in [-0.2, -0.15) is 0 Å². The largest absolute Gasteiger partial charge is 0.485 e. The highest BCUT2D eigenvalue weighted by atomic mass is 16.5. The molecule has 53 heavy (non-hydrogen) atoms. The van der Waals surface area contributed by atoms with Crippen LogP contribution < -0.4 is 4.74 Å². The van der Waals surface area contributed by atoms with E-state index in [4.69, 9.17) is 19.7 Å². The lowest BCUT2D eigenvalue weighted by atomic mass is 9.80. The first-order chi connectivity index (χ1) is 26.2. The number of benzene rings is 7. The first-order valence-electron chi connectivity index (χ1n) is 18.0. The van der Waals surface area contributed by atoms with E-state index >= 15 is 0 Å². The Balaban J connectivity index is 1.10. The average Bonchev–Trinajstić information content (AvgIpc) is 3.63. The molecule has 10 rings (SSSR count). The zero-order chi connectivity index (χ0) is 35.1. The Hall–Kier alpha value is -6.91. The minimum Gasteiger partial charge on any atom is -0.485 e. The van der Waals surface area contributed by atoms with Gasteiger partial charge in [0.1, 0.15) is 11.9 Å². The minimum absolute atomic E-state index is 0.0957. The van der Waals surface area contributed by atoms with Crippen LogP contribution >= 0.6 is 0 Å². The smallest absolute Gasteiger partial charge is 0.164 e. The SMILES string of the molecule is C1=CC2Oc3cccc(-c4ccc5ccccc5c4)c3C2C(c2nc(-c3ccc(-c4ccccc4)cc3)nc(-c3ccc(-c4ccccc4)cc3)n2)=C1. The maximum Gasteiger partial charge on any atom is 0.164 e. The van der Waals surface area contributed by atoms with Gasteiger partial charge in [0.2, 0.25) is 0 Å². The first-order valence-corrected chi connectivity index (χ1v) is 18.0. The monoisotopic (exact) mass is 679 g/mol. The number of nitrogens with zero attached hydrogens (tertiary/aromatic N) is 3. The van der Waals surface area contributed by atoms with Crippen LogP contribution in [0.15, 0.2) is 188 Å². The van der Waals surface area contributed by atoms with Crippen LogP contribution in [0.2, 0.25) is 0 Å². The van der Waals surface area contributed by atoms with E-state index < -0.39 is 0 Å². The molecule has 0 spiro atoms. The van der Waals surface area contributed by atoms with Gasteiger partial charge in [-0.3, -0.25) is 0 Å². The molecule has 0 bridgehead atoms. The van der Waals surface area contributed by atoms with Gasteiger partial charge in [-0.1, -0.05) is 170 Å². The lowest BCUT2D eigenvalue weighted by Crippen LogP contribution is -2.21. The number of ether oxygens (including phenoxy) is 1. The van der Waals surface area contributed by atoms with E-state index in [2.05, 4.69) is 176 Å². The number of aromatic nitrogens is 3. The Morgan fingerprint density at radius 3 is 1.58 bits per heavy atom. The minimum atomic E-state index is -0.175. The summed E-state index contributed by atoms with van der Waals surface area (Å²) in [7, 11) is 0. The van der Waals surface area contributed by atoms with Crippen molar-refractivity contribution in [2.24, 2.45) is 0 Å². The van der Waals surface area contributed by atoms with Gasteiger partial charge in [0.25, 0.3) is 0 Å². The van der Waals surface area contributed by atoms with E-state index in [1.165, 1.54) is 21.9 Å². The van der Waals surface area contributed by atoms with Crippen LogP contribution in [0.25, 0.3) is 72.5 Å². The van der Waals surface area contributed by atoms with Gasteiger partial charge in [-0.15, -0.1) is 0 Å². The summed E-state index contributed by atoms with van der Waals surface area (Å²) in [6.45, 7) is 0. The van der Waals surface area contributed by atoms with Crippen molar-refractivity contribution in [3.8, 4) is 61.9 Å². The third kappa shape index (κ3) is 5.71. The van der Waals surface area contributed by atoms with E-state index in [-0.39, 0.29) is 12.0 Å². The van der Waals surface area contributed by atoms with Crippen molar-refractivity contribution < 1.29 is 4.74 Å². The van der Waals surface area contributed by atoms with Crippen LogP contribution in [-0.2, 0) is 0 Å². The highest BCUT2D eigenvalue weighted by Gasteiger charge is 2.40. The van der Waals surface area contributed by atoms with Crippen LogP contribution in [0.5, 0.6) is 5.75 Å². The molecule has 250 valence electrons. The molecular formula is C49H33N3O. The number of allylic oxidation sites excluding steroid dienone is 2. The second kappa shape index (κ2) is 13.0. The Morgan fingerprint density at radius 1 is 0.415 bits per heavy atom. The molecule has 0 saturated heterocycles. The van der Waals surface area contributed by atoms with E-state index in [0.29, 0.717) is 17.5 Å². The van der Waals surface area contributed by atoms with Crippen LogP contribution in [0, 0.1) is 0 Å². The topological polar surface area (TPSA) is 47.9 Å². The fourth-order valence-corrected chi connectivity index (χ4v) is 7.67. The summed E-state index contributed by atoms with van der Waals surface area (Å²) in [6.07, 6.45) is 6.19. The summed E-state index contributed by atoms with van der Waals surface area (Å²) >= 11 is 0. The second-order valence-corrected chi connectivity index (χ2v) is 13.5. The molecular weight excluding hydrogens is 647 g/mol. The molecule has 1 aromatic heterocycles. The predicted octanol–water partition coefficient (Wildman–Crippen LogP) is 11.9. The van der Waals surface area contributed by atoms with Crippen molar-refractivity contribution in [2.75, 3.05) is 0 Å². The van der Waals surface area contributed by atoms with Crippen molar-refractivity contribution in [3.05, 3.63) is 199 Å². The molecule has 8 aromatic rings. The maximum absolute atomic E-state index is 6.65. The lowest BCUT2D eigenvalue weighted by Gasteiger charge is -2.23. The number of hydrogen-bond acceptors (Lipinski definition) is 4. The van der Waals surface area contributed by atoms with Gasteiger partial charge in [-0.25, -0.2) is 15.0 Å². The summed E-state index contributed by atoms with van der Waals surface area (Å²) in [5.41, 5.74) is 11.0. The maximum atomic E-state index is 6.65. The van der Waals surface area contributed by atoms with Crippen molar-refractivity contribution in [1.82, 2.24) is 15.0 Å². The molecule has 0 fully saturated rings. The highest BCUT2D eigenvalue weighted by molar-refractivity contribution is 5.90. The summed E-state index contributed by atoms with van der Waals surface area (Å²) < 4.78 is 6.65. The second-order valence-electron chi connectivity index (χ2n) is 13.5. The van der Waals surface area contributed by atoms with Crippen LogP contribution in [0.4, 0.5) is 0 Å². The fourth-order valence-electron chi connectivity index (χ4n) is 7.67. The highest BCUT2D eigenvalue weighted by Crippen LogP contribution is 2.51. The van der Waals surface area contributed by atoms with E-state index in [1.54, 1.807) is 0 Å². The van der Waals surface area contributed by atoms with Gasteiger partial charge in [-0.05, 0) is 62.4 Å². The van der Waals surface area contributed by atoms with E-state index in [1.807, 2.05) is 12.1 Å².